The molecule has 0 saturated heterocycles. The van der Waals surface area contributed by atoms with Gasteiger partial charge in [0, 0.05) is 0 Å². The first-order valence-corrected chi connectivity index (χ1v) is 3.04. The highest BCUT2D eigenvalue weighted by atomic mass is 16.4. The van der Waals surface area contributed by atoms with E-state index in [1.165, 1.54) is 0 Å². The lowest BCUT2D eigenvalue weighted by molar-refractivity contribution is -0.139. The minimum atomic E-state index is -1.12. The average molecular weight is 160 g/mol. The lowest BCUT2D eigenvalue weighted by atomic mass is 10.1. The first-order chi connectivity index (χ1) is 4.95. The molecule has 6 heteroatoms. The zero-order valence-corrected chi connectivity index (χ0v) is 6.16. The summed E-state index contributed by atoms with van der Waals surface area (Å²) in [6.45, 7) is 1.54. The van der Waals surface area contributed by atoms with E-state index in [0.717, 1.165) is 0 Å². The molecule has 0 aromatic carbocycles. The predicted octanol–water partition coefficient (Wildman–Crippen LogP) is -1.73. The van der Waals surface area contributed by atoms with Crippen molar-refractivity contribution < 1.29 is 9.90 Å². The van der Waals surface area contributed by atoms with Crippen molar-refractivity contribution in [3.8, 4) is 0 Å². The second-order valence-corrected chi connectivity index (χ2v) is 2.21. The molecule has 0 aromatic heterocycles. The van der Waals surface area contributed by atoms with Gasteiger partial charge in [0.25, 0.3) is 0 Å². The van der Waals surface area contributed by atoms with Gasteiger partial charge in [-0.1, -0.05) is 0 Å². The van der Waals surface area contributed by atoms with Crippen LogP contribution in [0.5, 0.6) is 0 Å². The Morgan fingerprint density at radius 3 is 2.45 bits per heavy atom. The van der Waals surface area contributed by atoms with Crippen LogP contribution in [0, 0.1) is 5.41 Å². The van der Waals surface area contributed by atoms with Crippen molar-refractivity contribution in [2.24, 2.45) is 11.5 Å². The first-order valence-electron chi connectivity index (χ1n) is 3.04. The van der Waals surface area contributed by atoms with Gasteiger partial charge in [0.1, 0.15) is 6.04 Å². The molecule has 0 aromatic rings. The molecular formula is C5H12N4O2. The SMILES string of the molecule is C[C@H](NC(=N)N)[C@@H](N)C(=O)O. The molecular weight excluding hydrogens is 148 g/mol. The second kappa shape index (κ2) is 3.77. The zero-order valence-electron chi connectivity index (χ0n) is 6.16. The van der Waals surface area contributed by atoms with Crippen LogP contribution in [-0.4, -0.2) is 29.1 Å². The quantitative estimate of drug-likeness (QED) is 0.248. The number of nitrogens with one attached hydrogen (secondary N) is 2. The van der Waals surface area contributed by atoms with Crippen LogP contribution in [0.3, 0.4) is 0 Å². The average Bonchev–Trinajstić information content (AvgIpc) is 1.84. The summed E-state index contributed by atoms with van der Waals surface area (Å²) in [4.78, 5) is 10.2. The molecule has 7 N–H and O–H groups in total. The second-order valence-electron chi connectivity index (χ2n) is 2.21. The first kappa shape index (κ1) is 9.70. The molecule has 0 radical (unpaired) electrons. The Hall–Kier alpha value is -1.30. The normalized spacial score (nSPS) is 15.1. The fourth-order valence-electron chi connectivity index (χ4n) is 0.549. The fourth-order valence-corrected chi connectivity index (χ4v) is 0.549. The Labute approximate surface area is 64.1 Å². The van der Waals surface area contributed by atoms with Crippen LogP contribution in [0.2, 0.25) is 0 Å². The lowest BCUT2D eigenvalue weighted by Crippen LogP contribution is -2.51. The third-order valence-electron chi connectivity index (χ3n) is 1.21. The Bertz CT molecular complexity index is 170. The van der Waals surface area contributed by atoms with Crippen LogP contribution >= 0.6 is 0 Å². The van der Waals surface area contributed by atoms with E-state index in [0.29, 0.717) is 0 Å². The third-order valence-corrected chi connectivity index (χ3v) is 1.21. The number of guanidine groups is 1. The molecule has 0 fully saturated rings. The van der Waals surface area contributed by atoms with Gasteiger partial charge in [-0.25, -0.2) is 0 Å². The molecule has 6 nitrogen and oxygen atoms in total. The topological polar surface area (TPSA) is 125 Å². The minimum Gasteiger partial charge on any atom is -0.480 e. The number of rotatable bonds is 3. The maximum atomic E-state index is 10.2. The van der Waals surface area contributed by atoms with E-state index in [1.54, 1.807) is 6.92 Å². The van der Waals surface area contributed by atoms with Crippen molar-refractivity contribution in [2.75, 3.05) is 0 Å². The van der Waals surface area contributed by atoms with E-state index in [1.807, 2.05) is 0 Å². The molecule has 0 bridgehead atoms. The Morgan fingerprint density at radius 2 is 2.18 bits per heavy atom. The standard InChI is InChI=1S/C5H12N4O2/c1-2(9-5(7)8)3(6)4(10)11/h2-3H,6H2,1H3,(H,10,11)(H4,7,8,9)/t2-,3+/m0/s1. The molecule has 0 rings (SSSR count). The summed E-state index contributed by atoms with van der Waals surface area (Å²) in [6.07, 6.45) is 0. The number of hydrogen-bond acceptors (Lipinski definition) is 3. The van der Waals surface area contributed by atoms with Gasteiger partial charge in [-0.05, 0) is 6.92 Å². The highest BCUT2D eigenvalue weighted by Crippen LogP contribution is 1.87. The predicted molar refractivity (Wildman–Crippen MR) is 40.1 cm³/mol. The van der Waals surface area contributed by atoms with E-state index in [4.69, 9.17) is 22.0 Å². The smallest absolute Gasteiger partial charge is 0.322 e. The van der Waals surface area contributed by atoms with Crippen LogP contribution in [-0.2, 0) is 4.79 Å². The maximum Gasteiger partial charge on any atom is 0.322 e. The van der Waals surface area contributed by atoms with Gasteiger partial charge in [-0.3, -0.25) is 10.2 Å². The molecule has 2 atom stereocenters. The Morgan fingerprint density at radius 1 is 1.73 bits per heavy atom. The van der Waals surface area contributed by atoms with Crippen LogP contribution < -0.4 is 16.8 Å². The van der Waals surface area contributed by atoms with Crippen LogP contribution in [0.25, 0.3) is 0 Å². The number of hydrogen-bond donors (Lipinski definition) is 5. The monoisotopic (exact) mass is 160 g/mol. The number of carboxylic acid groups (broad SMARTS) is 1. The van der Waals surface area contributed by atoms with Gasteiger partial charge >= 0.3 is 5.97 Å². The summed E-state index contributed by atoms with van der Waals surface area (Å²) in [5.74, 6) is -1.40. The van der Waals surface area contributed by atoms with E-state index in [-0.39, 0.29) is 5.96 Å². The molecule has 0 spiro atoms. The lowest BCUT2D eigenvalue weighted by Gasteiger charge is -2.16. The van der Waals surface area contributed by atoms with Crippen molar-refractivity contribution in [1.29, 1.82) is 5.41 Å². The molecule has 0 aliphatic heterocycles. The van der Waals surface area contributed by atoms with Gasteiger partial charge in [-0.15, -0.1) is 0 Å². The summed E-state index contributed by atoms with van der Waals surface area (Å²) in [7, 11) is 0. The van der Waals surface area contributed by atoms with Gasteiger partial charge in [-0.2, -0.15) is 0 Å². The van der Waals surface area contributed by atoms with E-state index in [2.05, 4.69) is 5.32 Å². The Balaban J connectivity index is 3.92. The van der Waals surface area contributed by atoms with Gasteiger partial charge in [0.15, 0.2) is 5.96 Å². The van der Waals surface area contributed by atoms with Crippen LogP contribution in [0.1, 0.15) is 6.92 Å². The largest absolute Gasteiger partial charge is 0.480 e. The van der Waals surface area contributed by atoms with Gasteiger partial charge in [0.05, 0.1) is 6.04 Å². The molecule has 0 aliphatic rings. The summed E-state index contributed by atoms with van der Waals surface area (Å²) in [6, 6.07) is -1.58. The number of carboxylic acids is 1. The molecule has 0 amide bonds. The minimum absolute atomic E-state index is 0.283. The van der Waals surface area contributed by atoms with Crippen molar-refractivity contribution in [2.45, 2.75) is 19.0 Å². The molecule has 0 heterocycles. The van der Waals surface area contributed by atoms with Crippen molar-refractivity contribution >= 4 is 11.9 Å². The van der Waals surface area contributed by atoms with E-state index >= 15 is 0 Å². The fraction of sp³-hybridized carbons (Fsp3) is 0.600. The number of carbonyl (C=O) groups is 1. The van der Waals surface area contributed by atoms with Crippen molar-refractivity contribution in [1.82, 2.24) is 5.32 Å². The molecule has 0 saturated carbocycles. The molecule has 11 heavy (non-hydrogen) atoms. The maximum absolute atomic E-state index is 10.2. The van der Waals surface area contributed by atoms with Crippen LogP contribution in [0.4, 0.5) is 0 Å². The molecule has 0 aliphatic carbocycles. The van der Waals surface area contributed by atoms with Crippen LogP contribution in [0.15, 0.2) is 0 Å². The molecule has 64 valence electrons. The third kappa shape index (κ3) is 3.41. The van der Waals surface area contributed by atoms with E-state index in [9.17, 15) is 4.79 Å². The van der Waals surface area contributed by atoms with Gasteiger partial charge < -0.3 is 21.9 Å². The zero-order chi connectivity index (χ0) is 9.02. The summed E-state index contributed by atoms with van der Waals surface area (Å²) >= 11 is 0. The van der Waals surface area contributed by atoms with Crippen molar-refractivity contribution in [3.05, 3.63) is 0 Å². The van der Waals surface area contributed by atoms with E-state index < -0.39 is 18.1 Å². The number of aliphatic carboxylic acids is 1. The Kier molecular flexibility index (Phi) is 3.32. The van der Waals surface area contributed by atoms with Gasteiger partial charge in [0.2, 0.25) is 0 Å². The molecule has 0 unspecified atom stereocenters. The summed E-state index contributed by atoms with van der Waals surface area (Å²) in [5.41, 5.74) is 10.1. The van der Waals surface area contributed by atoms with Crippen molar-refractivity contribution in [3.63, 3.8) is 0 Å². The highest BCUT2D eigenvalue weighted by Gasteiger charge is 2.19. The summed E-state index contributed by atoms with van der Waals surface area (Å²) < 4.78 is 0. The summed E-state index contributed by atoms with van der Waals surface area (Å²) in [5, 5.41) is 17.5. The number of nitrogens with two attached hydrogens (primary N) is 2. The highest BCUT2D eigenvalue weighted by molar-refractivity contribution is 5.78.